The molecule has 3 rings (SSSR count). The molecule has 0 aromatic heterocycles. The minimum absolute atomic E-state index is 0.0263. The van der Waals surface area contributed by atoms with Gasteiger partial charge in [0.05, 0.1) is 4.90 Å². The molecule has 150 valence electrons. The molecule has 1 saturated heterocycles. The molecule has 5 nitrogen and oxygen atoms in total. The van der Waals surface area contributed by atoms with Crippen molar-refractivity contribution in [2.24, 2.45) is 5.92 Å². The highest BCUT2D eigenvalue weighted by Gasteiger charge is 2.32. The number of amides is 1. The summed E-state index contributed by atoms with van der Waals surface area (Å²) in [7, 11) is -3.65. The van der Waals surface area contributed by atoms with Gasteiger partial charge in [0, 0.05) is 25.6 Å². The van der Waals surface area contributed by atoms with Gasteiger partial charge in [-0.2, -0.15) is 4.31 Å². The first-order chi connectivity index (χ1) is 13.4. The Bertz CT molecular complexity index is 893. The summed E-state index contributed by atoms with van der Waals surface area (Å²) in [6, 6.07) is 14.8. The highest BCUT2D eigenvalue weighted by Crippen LogP contribution is 2.24. The first-order valence-electron chi connectivity index (χ1n) is 9.46. The second kappa shape index (κ2) is 8.84. The van der Waals surface area contributed by atoms with Gasteiger partial charge in [0.25, 0.3) is 0 Å². The van der Waals surface area contributed by atoms with Gasteiger partial charge in [-0.25, -0.2) is 12.8 Å². The molecule has 28 heavy (non-hydrogen) atoms. The lowest BCUT2D eigenvalue weighted by atomic mass is 9.96. The highest BCUT2D eigenvalue weighted by atomic mass is 32.2. The minimum atomic E-state index is -3.65. The number of piperidine rings is 1. The van der Waals surface area contributed by atoms with Gasteiger partial charge in [0.1, 0.15) is 5.82 Å². The molecule has 2 aromatic rings. The average molecular weight is 405 g/mol. The molecule has 1 aliphatic rings. The summed E-state index contributed by atoms with van der Waals surface area (Å²) in [6.45, 7) is 3.18. The van der Waals surface area contributed by atoms with Gasteiger partial charge < -0.3 is 5.32 Å². The van der Waals surface area contributed by atoms with Crippen molar-refractivity contribution >= 4 is 15.9 Å². The maximum absolute atomic E-state index is 13.0. The highest BCUT2D eigenvalue weighted by molar-refractivity contribution is 7.89. The van der Waals surface area contributed by atoms with Crippen LogP contribution in [-0.2, 0) is 14.8 Å². The van der Waals surface area contributed by atoms with E-state index in [0.717, 1.165) is 12.1 Å². The summed E-state index contributed by atoms with van der Waals surface area (Å²) in [5.41, 5.74) is 1.17. The molecule has 1 heterocycles. The Morgan fingerprint density at radius 2 is 1.71 bits per heavy atom. The second-order valence-corrected chi connectivity index (χ2v) is 9.13. The van der Waals surface area contributed by atoms with Gasteiger partial charge >= 0.3 is 0 Å². The summed E-state index contributed by atoms with van der Waals surface area (Å²) in [6.07, 6.45) is 0.956. The number of halogens is 1. The van der Waals surface area contributed by atoms with Crippen LogP contribution >= 0.6 is 0 Å². The van der Waals surface area contributed by atoms with E-state index in [-0.39, 0.29) is 35.7 Å². The predicted molar refractivity (Wildman–Crippen MR) is 106 cm³/mol. The van der Waals surface area contributed by atoms with E-state index in [1.807, 2.05) is 30.3 Å². The van der Waals surface area contributed by atoms with E-state index in [0.29, 0.717) is 19.4 Å². The molecule has 1 amide bonds. The average Bonchev–Trinajstić information content (AvgIpc) is 2.73. The van der Waals surface area contributed by atoms with Gasteiger partial charge in [-0.05, 0) is 48.6 Å². The quantitative estimate of drug-likeness (QED) is 0.804. The second-order valence-electron chi connectivity index (χ2n) is 7.19. The number of carbonyl (C=O) groups is 1. The zero-order chi connectivity index (χ0) is 20.1. The van der Waals surface area contributed by atoms with Gasteiger partial charge in [-0.1, -0.05) is 37.3 Å². The Balaban J connectivity index is 1.52. The monoisotopic (exact) mass is 404 g/mol. The van der Waals surface area contributed by atoms with Crippen LogP contribution in [0.1, 0.15) is 31.2 Å². The van der Waals surface area contributed by atoms with Crippen LogP contribution in [0, 0.1) is 11.7 Å². The fraction of sp³-hybridized carbons (Fsp3) is 0.381. The molecule has 0 unspecified atom stereocenters. The third kappa shape index (κ3) is 4.77. The molecule has 0 aliphatic carbocycles. The lowest BCUT2D eigenvalue weighted by molar-refractivity contribution is -0.126. The number of benzene rings is 2. The van der Waals surface area contributed by atoms with E-state index in [1.54, 1.807) is 0 Å². The molecule has 0 spiro atoms. The smallest absolute Gasteiger partial charge is 0.243 e. The van der Waals surface area contributed by atoms with E-state index in [9.17, 15) is 17.6 Å². The summed E-state index contributed by atoms with van der Waals surface area (Å²) in [4.78, 5) is 12.6. The van der Waals surface area contributed by atoms with Gasteiger partial charge in [0.2, 0.25) is 15.9 Å². The number of rotatable bonds is 6. The molecule has 1 N–H and O–H groups in total. The first kappa shape index (κ1) is 20.5. The zero-order valence-electron chi connectivity index (χ0n) is 15.8. The largest absolute Gasteiger partial charge is 0.355 e. The van der Waals surface area contributed by atoms with Crippen LogP contribution in [0.15, 0.2) is 59.5 Å². The summed E-state index contributed by atoms with van der Waals surface area (Å²) in [5, 5.41) is 2.99. The fourth-order valence-corrected chi connectivity index (χ4v) is 4.88. The maximum atomic E-state index is 13.0. The standard InChI is InChI=1S/C21H25FN2O3S/c1-16(17-5-3-2-4-6-17)15-23-21(25)18-11-13-24(14-12-18)28(26,27)20-9-7-19(22)8-10-20/h2-10,16,18H,11-15H2,1H3,(H,23,25)/t16-/m0/s1. The Morgan fingerprint density at radius 1 is 1.11 bits per heavy atom. The topological polar surface area (TPSA) is 66.5 Å². The van der Waals surface area contributed by atoms with E-state index in [4.69, 9.17) is 0 Å². The zero-order valence-corrected chi connectivity index (χ0v) is 16.7. The third-order valence-electron chi connectivity index (χ3n) is 5.23. The summed E-state index contributed by atoms with van der Waals surface area (Å²) < 4.78 is 39.7. The van der Waals surface area contributed by atoms with Crippen molar-refractivity contribution in [1.29, 1.82) is 0 Å². The van der Waals surface area contributed by atoms with Crippen molar-refractivity contribution in [1.82, 2.24) is 9.62 Å². The van der Waals surface area contributed by atoms with Crippen LogP contribution in [0.4, 0.5) is 4.39 Å². The molecule has 1 atom stereocenters. The van der Waals surface area contributed by atoms with Crippen molar-refractivity contribution in [3.63, 3.8) is 0 Å². The van der Waals surface area contributed by atoms with Gasteiger partial charge in [-0.15, -0.1) is 0 Å². The van der Waals surface area contributed by atoms with Crippen LogP contribution in [0.5, 0.6) is 0 Å². The molecule has 0 bridgehead atoms. The van der Waals surface area contributed by atoms with Crippen molar-refractivity contribution in [2.45, 2.75) is 30.6 Å². The van der Waals surface area contributed by atoms with Crippen molar-refractivity contribution in [3.8, 4) is 0 Å². The number of nitrogens with one attached hydrogen (secondary N) is 1. The van der Waals surface area contributed by atoms with Gasteiger partial charge in [-0.3, -0.25) is 4.79 Å². The summed E-state index contributed by atoms with van der Waals surface area (Å²) in [5.74, 6) is -0.479. The number of hydrogen-bond acceptors (Lipinski definition) is 3. The third-order valence-corrected chi connectivity index (χ3v) is 7.14. The number of nitrogens with zero attached hydrogens (tertiary/aromatic N) is 1. The lowest BCUT2D eigenvalue weighted by Crippen LogP contribution is -2.43. The van der Waals surface area contributed by atoms with Crippen LogP contribution in [0.2, 0.25) is 0 Å². The Kier molecular flexibility index (Phi) is 6.46. The number of sulfonamides is 1. The van der Waals surface area contributed by atoms with Crippen LogP contribution in [0.25, 0.3) is 0 Å². The molecule has 2 aromatic carbocycles. The van der Waals surface area contributed by atoms with Crippen LogP contribution < -0.4 is 5.32 Å². The SMILES string of the molecule is C[C@@H](CNC(=O)C1CCN(S(=O)(=O)c2ccc(F)cc2)CC1)c1ccccc1. The molecular weight excluding hydrogens is 379 g/mol. The van der Waals surface area contributed by atoms with E-state index < -0.39 is 15.8 Å². The van der Waals surface area contributed by atoms with E-state index in [2.05, 4.69) is 12.2 Å². The molecule has 0 saturated carbocycles. The van der Waals surface area contributed by atoms with Crippen molar-refractivity contribution < 1.29 is 17.6 Å². The van der Waals surface area contributed by atoms with E-state index in [1.165, 1.54) is 22.0 Å². The van der Waals surface area contributed by atoms with Crippen molar-refractivity contribution in [2.75, 3.05) is 19.6 Å². The molecule has 0 radical (unpaired) electrons. The van der Waals surface area contributed by atoms with Crippen LogP contribution in [0.3, 0.4) is 0 Å². The van der Waals surface area contributed by atoms with Crippen molar-refractivity contribution in [3.05, 3.63) is 66.0 Å². The molecule has 7 heteroatoms. The van der Waals surface area contributed by atoms with Gasteiger partial charge in [0.15, 0.2) is 0 Å². The normalized spacial score (nSPS) is 17.2. The minimum Gasteiger partial charge on any atom is -0.355 e. The number of carbonyl (C=O) groups excluding carboxylic acids is 1. The Morgan fingerprint density at radius 3 is 2.32 bits per heavy atom. The lowest BCUT2D eigenvalue weighted by Gasteiger charge is -2.30. The Labute approximate surface area is 165 Å². The number of hydrogen-bond donors (Lipinski definition) is 1. The predicted octanol–water partition coefficient (Wildman–Crippen LogP) is 3.15. The van der Waals surface area contributed by atoms with Crippen LogP contribution in [-0.4, -0.2) is 38.3 Å². The van der Waals surface area contributed by atoms with E-state index >= 15 is 0 Å². The molecular formula is C21H25FN2O3S. The molecule has 1 fully saturated rings. The fourth-order valence-electron chi connectivity index (χ4n) is 3.41. The maximum Gasteiger partial charge on any atom is 0.243 e. The first-order valence-corrected chi connectivity index (χ1v) is 10.9. The summed E-state index contributed by atoms with van der Waals surface area (Å²) >= 11 is 0. The molecule has 1 aliphatic heterocycles. The Hall–Kier alpha value is -2.25.